The quantitative estimate of drug-likeness (QED) is 0.690. The van der Waals surface area contributed by atoms with Crippen LogP contribution in [0.2, 0.25) is 0 Å². The van der Waals surface area contributed by atoms with Crippen molar-refractivity contribution in [3.63, 3.8) is 0 Å². The van der Waals surface area contributed by atoms with Gasteiger partial charge in [-0.1, -0.05) is 26.7 Å². The summed E-state index contributed by atoms with van der Waals surface area (Å²) in [5.41, 5.74) is 0.786. The zero-order chi connectivity index (χ0) is 12.7. The normalized spacial score (nSPS) is 10.3. The Morgan fingerprint density at radius 2 is 1.82 bits per heavy atom. The van der Waals surface area contributed by atoms with Crippen LogP contribution in [-0.4, -0.2) is 12.5 Å². The Kier molecular flexibility index (Phi) is 5.67. The molecule has 1 rings (SSSR count). The van der Waals surface area contributed by atoms with Gasteiger partial charge in [-0.05, 0) is 30.7 Å². The fourth-order valence-corrected chi connectivity index (χ4v) is 1.73. The lowest BCUT2D eigenvalue weighted by molar-refractivity contribution is -0.118. The molecular formula is C14H20FNO. The number of halogens is 1. The van der Waals surface area contributed by atoms with E-state index in [1.54, 1.807) is 17.0 Å². The van der Waals surface area contributed by atoms with Crippen molar-refractivity contribution in [2.75, 3.05) is 11.4 Å². The molecule has 0 fully saturated rings. The molecule has 0 unspecified atom stereocenters. The lowest BCUT2D eigenvalue weighted by atomic mass is 10.2. The highest BCUT2D eigenvalue weighted by atomic mass is 19.1. The zero-order valence-electron chi connectivity index (χ0n) is 10.6. The lowest BCUT2D eigenvalue weighted by Crippen LogP contribution is -2.31. The van der Waals surface area contributed by atoms with E-state index >= 15 is 0 Å². The molecule has 0 bridgehead atoms. The topological polar surface area (TPSA) is 20.3 Å². The van der Waals surface area contributed by atoms with E-state index in [9.17, 15) is 9.18 Å². The van der Waals surface area contributed by atoms with Gasteiger partial charge in [0.2, 0.25) is 5.91 Å². The highest BCUT2D eigenvalue weighted by Crippen LogP contribution is 2.17. The number of carbonyl (C=O) groups is 1. The molecule has 0 aromatic heterocycles. The highest BCUT2D eigenvalue weighted by Gasteiger charge is 2.13. The first-order valence-electron chi connectivity index (χ1n) is 6.25. The van der Waals surface area contributed by atoms with Crippen LogP contribution >= 0.6 is 0 Å². The molecule has 3 heteroatoms. The number of nitrogens with zero attached hydrogens (tertiary/aromatic N) is 1. The Labute approximate surface area is 102 Å². The Bertz CT molecular complexity index is 348. The summed E-state index contributed by atoms with van der Waals surface area (Å²) in [5, 5.41) is 0. The van der Waals surface area contributed by atoms with E-state index in [2.05, 4.69) is 6.92 Å². The maximum atomic E-state index is 12.8. The first kappa shape index (κ1) is 13.7. The van der Waals surface area contributed by atoms with Crippen LogP contribution in [0.3, 0.4) is 0 Å². The van der Waals surface area contributed by atoms with E-state index < -0.39 is 0 Å². The minimum atomic E-state index is -0.272. The number of carbonyl (C=O) groups excluding carboxylic acids is 1. The number of anilines is 1. The van der Waals surface area contributed by atoms with Crippen LogP contribution in [0.25, 0.3) is 0 Å². The number of amides is 1. The van der Waals surface area contributed by atoms with E-state index in [4.69, 9.17) is 0 Å². The molecule has 94 valence electrons. The summed E-state index contributed by atoms with van der Waals surface area (Å²) >= 11 is 0. The van der Waals surface area contributed by atoms with E-state index in [1.165, 1.54) is 12.1 Å². The third-order valence-corrected chi connectivity index (χ3v) is 2.73. The summed E-state index contributed by atoms with van der Waals surface area (Å²) in [6, 6.07) is 6.11. The number of unbranched alkanes of at least 4 members (excludes halogenated alkanes) is 2. The van der Waals surface area contributed by atoms with Gasteiger partial charge in [0.25, 0.3) is 0 Å². The van der Waals surface area contributed by atoms with Gasteiger partial charge in [0.05, 0.1) is 0 Å². The molecule has 0 N–H and O–H groups in total. The Hall–Kier alpha value is -1.38. The summed E-state index contributed by atoms with van der Waals surface area (Å²) in [5.74, 6) is -0.182. The van der Waals surface area contributed by atoms with Gasteiger partial charge in [-0.2, -0.15) is 0 Å². The fourth-order valence-electron chi connectivity index (χ4n) is 1.73. The molecule has 0 aliphatic carbocycles. The first-order chi connectivity index (χ1) is 8.19. The second kappa shape index (κ2) is 7.05. The third kappa shape index (κ3) is 4.17. The average Bonchev–Trinajstić information content (AvgIpc) is 2.35. The molecule has 0 heterocycles. The number of hydrogen-bond acceptors (Lipinski definition) is 1. The van der Waals surface area contributed by atoms with Gasteiger partial charge in [0, 0.05) is 18.7 Å². The summed E-state index contributed by atoms with van der Waals surface area (Å²) in [7, 11) is 0. The van der Waals surface area contributed by atoms with E-state index in [-0.39, 0.29) is 11.7 Å². The van der Waals surface area contributed by atoms with Crippen molar-refractivity contribution >= 4 is 11.6 Å². The standard InChI is InChI=1S/C14H20FNO/c1-3-5-6-11-16(14(17)4-2)13-9-7-12(15)8-10-13/h7-10H,3-6,11H2,1-2H3. The molecule has 0 aliphatic heterocycles. The van der Waals surface area contributed by atoms with Gasteiger partial charge in [-0.25, -0.2) is 4.39 Å². The molecule has 1 aromatic carbocycles. The predicted octanol–water partition coefficient (Wildman–Crippen LogP) is 3.76. The molecule has 0 aliphatic rings. The molecule has 0 atom stereocenters. The number of benzene rings is 1. The van der Waals surface area contributed by atoms with Crippen LogP contribution in [-0.2, 0) is 4.79 Å². The van der Waals surface area contributed by atoms with Crippen LogP contribution in [0.15, 0.2) is 24.3 Å². The monoisotopic (exact) mass is 237 g/mol. The molecule has 0 saturated heterocycles. The van der Waals surface area contributed by atoms with Crippen LogP contribution in [0.1, 0.15) is 39.5 Å². The van der Waals surface area contributed by atoms with Gasteiger partial charge in [-0.3, -0.25) is 4.79 Å². The maximum Gasteiger partial charge on any atom is 0.226 e. The second-order valence-corrected chi connectivity index (χ2v) is 4.08. The number of hydrogen-bond donors (Lipinski definition) is 0. The van der Waals surface area contributed by atoms with Gasteiger partial charge in [0.1, 0.15) is 5.82 Å². The first-order valence-corrected chi connectivity index (χ1v) is 6.25. The SMILES string of the molecule is CCCCCN(C(=O)CC)c1ccc(F)cc1. The van der Waals surface area contributed by atoms with Crippen molar-refractivity contribution < 1.29 is 9.18 Å². The van der Waals surface area contributed by atoms with Gasteiger partial charge in [0.15, 0.2) is 0 Å². The Morgan fingerprint density at radius 1 is 1.18 bits per heavy atom. The van der Waals surface area contributed by atoms with Crippen molar-refractivity contribution in [3.05, 3.63) is 30.1 Å². The average molecular weight is 237 g/mol. The smallest absolute Gasteiger partial charge is 0.226 e. The van der Waals surface area contributed by atoms with Gasteiger partial charge < -0.3 is 4.90 Å². The van der Waals surface area contributed by atoms with Crippen molar-refractivity contribution in [1.29, 1.82) is 0 Å². The minimum Gasteiger partial charge on any atom is -0.312 e. The van der Waals surface area contributed by atoms with Crippen LogP contribution in [0.4, 0.5) is 10.1 Å². The molecule has 0 spiro atoms. The molecule has 1 aromatic rings. The Balaban J connectivity index is 2.74. The number of rotatable bonds is 6. The lowest BCUT2D eigenvalue weighted by Gasteiger charge is -2.22. The van der Waals surface area contributed by atoms with Crippen molar-refractivity contribution in [2.24, 2.45) is 0 Å². The molecule has 1 amide bonds. The fraction of sp³-hybridized carbons (Fsp3) is 0.500. The molecule has 2 nitrogen and oxygen atoms in total. The molecule has 0 saturated carbocycles. The third-order valence-electron chi connectivity index (χ3n) is 2.73. The summed E-state index contributed by atoms with van der Waals surface area (Å²) in [6.45, 7) is 4.69. The van der Waals surface area contributed by atoms with E-state index in [0.29, 0.717) is 13.0 Å². The predicted molar refractivity (Wildman–Crippen MR) is 68.6 cm³/mol. The van der Waals surface area contributed by atoms with Crippen molar-refractivity contribution in [3.8, 4) is 0 Å². The zero-order valence-corrected chi connectivity index (χ0v) is 10.6. The molecular weight excluding hydrogens is 217 g/mol. The maximum absolute atomic E-state index is 12.8. The highest BCUT2D eigenvalue weighted by molar-refractivity contribution is 5.93. The minimum absolute atomic E-state index is 0.0905. The van der Waals surface area contributed by atoms with Crippen molar-refractivity contribution in [2.45, 2.75) is 39.5 Å². The Morgan fingerprint density at radius 3 is 2.35 bits per heavy atom. The molecule has 0 radical (unpaired) electrons. The van der Waals surface area contributed by atoms with Crippen LogP contribution in [0.5, 0.6) is 0 Å². The van der Waals surface area contributed by atoms with Gasteiger partial charge >= 0.3 is 0 Å². The van der Waals surface area contributed by atoms with Gasteiger partial charge in [-0.15, -0.1) is 0 Å². The summed E-state index contributed by atoms with van der Waals surface area (Å²) < 4.78 is 12.8. The second-order valence-electron chi connectivity index (χ2n) is 4.08. The van der Waals surface area contributed by atoms with Crippen LogP contribution in [0, 0.1) is 5.82 Å². The van der Waals surface area contributed by atoms with Crippen molar-refractivity contribution in [1.82, 2.24) is 0 Å². The van der Waals surface area contributed by atoms with Crippen LogP contribution < -0.4 is 4.90 Å². The summed E-state index contributed by atoms with van der Waals surface area (Å²) in [6.07, 6.45) is 3.69. The molecule has 17 heavy (non-hydrogen) atoms. The largest absolute Gasteiger partial charge is 0.312 e. The van der Waals surface area contributed by atoms with E-state index in [1.807, 2.05) is 6.92 Å². The summed E-state index contributed by atoms with van der Waals surface area (Å²) in [4.78, 5) is 13.6. The van der Waals surface area contributed by atoms with E-state index in [0.717, 1.165) is 24.9 Å².